The first-order chi connectivity index (χ1) is 10.0. The van der Waals surface area contributed by atoms with E-state index in [0.29, 0.717) is 4.34 Å². The molecule has 1 rings (SSSR count). The first-order valence-corrected chi connectivity index (χ1v) is 8.97. The summed E-state index contributed by atoms with van der Waals surface area (Å²) in [5.74, 6) is -1.50. The van der Waals surface area contributed by atoms with Crippen LogP contribution >= 0.6 is 22.9 Å². The van der Waals surface area contributed by atoms with Crippen molar-refractivity contribution in [1.29, 1.82) is 0 Å². The maximum absolute atomic E-state index is 11.9. The molecule has 1 heterocycles. The number of carboxylic acid groups (broad SMARTS) is 1. The summed E-state index contributed by atoms with van der Waals surface area (Å²) in [6, 6.07) is 2.81. The Balaban J connectivity index is 2.54. The molecule has 0 fully saturated rings. The van der Waals surface area contributed by atoms with Crippen LogP contribution < -0.4 is 10.0 Å². The highest BCUT2D eigenvalue weighted by atomic mass is 35.5. The van der Waals surface area contributed by atoms with Gasteiger partial charge < -0.3 is 10.4 Å². The lowest BCUT2D eigenvalue weighted by Gasteiger charge is -2.25. The van der Waals surface area contributed by atoms with E-state index in [4.69, 9.17) is 16.7 Å². The first kappa shape index (κ1) is 18.9. The molecule has 124 valence electrons. The van der Waals surface area contributed by atoms with Gasteiger partial charge in [-0.2, -0.15) is 0 Å². The Labute approximate surface area is 137 Å². The molecule has 0 aliphatic rings. The quantitative estimate of drug-likeness (QED) is 0.642. The molecule has 0 saturated heterocycles. The number of amides is 1. The predicted octanol–water partition coefficient (Wildman–Crippen LogP) is 1.44. The summed E-state index contributed by atoms with van der Waals surface area (Å²) in [6.45, 7) is 2.90. The van der Waals surface area contributed by atoms with E-state index >= 15 is 0 Å². The van der Waals surface area contributed by atoms with Crippen LogP contribution in [0, 0.1) is 0 Å². The topological polar surface area (TPSA) is 113 Å². The molecule has 7 nitrogen and oxygen atoms in total. The number of thiophene rings is 1. The van der Waals surface area contributed by atoms with Crippen molar-refractivity contribution in [3.8, 4) is 0 Å². The number of hydrogen-bond acceptors (Lipinski definition) is 5. The third-order valence-corrected chi connectivity index (χ3v) is 5.80. The number of carboxylic acids is 1. The van der Waals surface area contributed by atoms with E-state index in [0.717, 1.165) is 11.3 Å². The Morgan fingerprint density at radius 1 is 1.36 bits per heavy atom. The Kier molecular flexibility index (Phi) is 6.36. The number of hydrogen-bond donors (Lipinski definition) is 3. The fourth-order valence-electron chi connectivity index (χ4n) is 1.58. The predicted molar refractivity (Wildman–Crippen MR) is 83.6 cm³/mol. The van der Waals surface area contributed by atoms with Crippen LogP contribution in [0.15, 0.2) is 16.3 Å². The summed E-state index contributed by atoms with van der Waals surface area (Å²) < 4.78 is 26.4. The zero-order valence-corrected chi connectivity index (χ0v) is 14.4. The van der Waals surface area contributed by atoms with Gasteiger partial charge in [-0.1, -0.05) is 11.6 Å². The van der Waals surface area contributed by atoms with Crippen LogP contribution in [0.4, 0.5) is 0 Å². The van der Waals surface area contributed by atoms with Crippen LogP contribution in [-0.4, -0.2) is 37.5 Å². The largest absolute Gasteiger partial charge is 0.481 e. The first-order valence-electron chi connectivity index (χ1n) is 6.30. The lowest BCUT2D eigenvalue weighted by Crippen LogP contribution is -2.47. The second-order valence-electron chi connectivity index (χ2n) is 5.21. The zero-order chi connectivity index (χ0) is 17.0. The highest BCUT2D eigenvalue weighted by molar-refractivity contribution is 7.91. The molecule has 0 aliphatic heterocycles. The molecular weight excluding hydrogens is 352 g/mol. The molecule has 1 aromatic heterocycles. The van der Waals surface area contributed by atoms with Crippen LogP contribution in [0.1, 0.15) is 26.7 Å². The molecule has 1 aromatic rings. The van der Waals surface area contributed by atoms with Crippen LogP contribution in [0.25, 0.3) is 0 Å². The van der Waals surface area contributed by atoms with E-state index in [1.807, 2.05) is 0 Å². The van der Waals surface area contributed by atoms with Gasteiger partial charge >= 0.3 is 5.97 Å². The van der Waals surface area contributed by atoms with E-state index < -0.39 is 34.0 Å². The van der Waals surface area contributed by atoms with Crippen molar-refractivity contribution >= 4 is 44.8 Å². The van der Waals surface area contributed by atoms with Crippen LogP contribution in [0.2, 0.25) is 4.34 Å². The standard InChI is InChI=1S/C12H17ClN2O5S2/c1-12(2,6-5-10(17)18)15-9(16)7-14-22(19,20)11-4-3-8(13)21-11/h3-4,14H,5-7H2,1-2H3,(H,15,16)(H,17,18). The van der Waals surface area contributed by atoms with Crippen LogP contribution in [-0.2, 0) is 19.6 Å². The molecule has 0 unspecified atom stereocenters. The maximum atomic E-state index is 11.9. The van der Waals surface area contributed by atoms with Gasteiger partial charge in [-0.05, 0) is 32.4 Å². The average molecular weight is 369 g/mol. The molecule has 3 N–H and O–H groups in total. The zero-order valence-electron chi connectivity index (χ0n) is 12.1. The van der Waals surface area contributed by atoms with Gasteiger partial charge in [-0.25, -0.2) is 13.1 Å². The maximum Gasteiger partial charge on any atom is 0.303 e. The number of carbonyl (C=O) groups excluding carboxylic acids is 1. The average Bonchev–Trinajstić information content (AvgIpc) is 2.81. The minimum absolute atomic E-state index is 0.0236. The molecule has 0 aromatic carbocycles. The van der Waals surface area contributed by atoms with E-state index in [1.165, 1.54) is 12.1 Å². The SMILES string of the molecule is CC(C)(CCC(=O)O)NC(=O)CNS(=O)(=O)c1ccc(Cl)s1. The second kappa shape index (κ2) is 7.40. The second-order valence-corrected chi connectivity index (χ2v) is 8.92. The molecule has 1 amide bonds. The summed E-state index contributed by atoms with van der Waals surface area (Å²) in [7, 11) is -3.79. The van der Waals surface area contributed by atoms with Crippen molar-refractivity contribution in [1.82, 2.24) is 10.0 Å². The lowest BCUT2D eigenvalue weighted by atomic mass is 9.98. The van der Waals surface area contributed by atoms with Gasteiger partial charge in [0.2, 0.25) is 5.91 Å². The van der Waals surface area contributed by atoms with Gasteiger partial charge in [0.15, 0.2) is 0 Å². The fourth-order valence-corrected chi connectivity index (χ4v) is 4.09. The summed E-state index contributed by atoms with van der Waals surface area (Å²) in [6.07, 6.45) is 0.147. The molecule has 0 saturated carbocycles. The van der Waals surface area contributed by atoms with Gasteiger partial charge in [0.1, 0.15) is 4.21 Å². The monoisotopic (exact) mass is 368 g/mol. The number of aliphatic carboxylic acids is 1. The van der Waals surface area contributed by atoms with Crippen molar-refractivity contribution < 1.29 is 23.1 Å². The van der Waals surface area contributed by atoms with Gasteiger partial charge in [-0.15, -0.1) is 11.3 Å². The third-order valence-electron chi connectivity index (χ3n) is 2.68. The van der Waals surface area contributed by atoms with Crippen molar-refractivity contribution in [2.45, 2.75) is 36.4 Å². The Hall–Kier alpha value is -1.16. The highest BCUT2D eigenvalue weighted by Crippen LogP contribution is 2.25. The summed E-state index contributed by atoms with van der Waals surface area (Å²) in [4.78, 5) is 22.3. The highest BCUT2D eigenvalue weighted by Gasteiger charge is 2.23. The normalized spacial score (nSPS) is 12.1. The molecule has 0 spiro atoms. The van der Waals surface area contributed by atoms with Crippen LogP contribution in [0.3, 0.4) is 0 Å². The van der Waals surface area contributed by atoms with Gasteiger partial charge in [0.05, 0.1) is 10.9 Å². The molecule has 22 heavy (non-hydrogen) atoms. The molecule has 0 radical (unpaired) electrons. The number of halogens is 1. The third kappa shape index (κ3) is 6.30. The molecule has 0 bridgehead atoms. The summed E-state index contributed by atoms with van der Waals surface area (Å²) in [5.41, 5.74) is -0.743. The van der Waals surface area contributed by atoms with Crippen molar-refractivity contribution in [2.75, 3.05) is 6.54 Å². The molecule has 0 atom stereocenters. The number of carbonyl (C=O) groups is 2. The van der Waals surface area contributed by atoms with E-state index in [2.05, 4.69) is 10.0 Å². The fraction of sp³-hybridized carbons (Fsp3) is 0.500. The smallest absolute Gasteiger partial charge is 0.303 e. The Morgan fingerprint density at radius 2 is 2.00 bits per heavy atom. The number of sulfonamides is 1. The van der Waals surface area contributed by atoms with Crippen molar-refractivity contribution in [3.05, 3.63) is 16.5 Å². The summed E-state index contributed by atoms with van der Waals surface area (Å²) >= 11 is 6.56. The molecular formula is C12H17ClN2O5S2. The number of nitrogens with one attached hydrogen (secondary N) is 2. The number of rotatable bonds is 8. The summed E-state index contributed by atoms with van der Waals surface area (Å²) in [5, 5.41) is 11.2. The van der Waals surface area contributed by atoms with E-state index in [-0.39, 0.29) is 17.1 Å². The van der Waals surface area contributed by atoms with Crippen molar-refractivity contribution in [3.63, 3.8) is 0 Å². The molecule has 0 aliphatic carbocycles. The van der Waals surface area contributed by atoms with E-state index in [9.17, 15) is 18.0 Å². The van der Waals surface area contributed by atoms with E-state index in [1.54, 1.807) is 13.8 Å². The van der Waals surface area contributed by atoms with Crippen molar-refractivity contribution in [2.24, 2.45) is 0 Å². The van der Waals surface area contributed by atoms with Gasteiger partial charge in [0.25, 0.3) is 10.0 Å². The molecule has 10 heteroatoms. The lowest BCUT2D eigenvalue weighted by molar-refractivity contribution is -0.137. The Bertz CT molecular complexity index is 654. The minimum Gasteiger partial charge on any atom is -0.481 e. The van der Waals surface area contributed by atoms with Crippen LogP contribution in [0.5, 0.6) is 0 Å². The Morgan fingerprint density at radius 3 is 2.50 bits per heavy atom. The van der Waals surface area contributed by atoms with Gasteiger partial charge in [0, 0.05) is 12.0 Å². The van der Waals surface area contributed by atoms with Gasteiger partial charge in [-0.3, -0.25) is 9.59 Å². The minimum atomic E-state index is -3.79.